The van der Waals surface area contributed by atoms with E-state index < -0.39 is 5.32 Å². The Balaban J connectivity index is 2.33. The van der Waals surface area contributed by atoms with Gasteiger partial charge in [0.1, 0.15) is 51.9 Å². The van der Waals surface area contributed by atoms with Gasteiger partial charge >= 0.3 is 5.32 Å². The second-order valence-electron chi connectivity index (χ2n) is 2.49. The van der Waals surface area contributed by atoms with E-state index in [0.29, 0.717) is 6.61 Å². The van der Waals surface area contributed by atoms with Crippen LogP contribution >= 0.6 is 39.0 Å². The van der Waals surface area contributed by atoms with Crippen molar-refractivity contribution in [1.82, 2.24) is 0 Å². The van der Waals surface area contributed by atoms with Crippen LogP contribution in [0.3, 0.4) is 0 Å². The molecule has 0 unspecified atom stereocenters. The highest BCUT2D eigenvalue weighted by molar-refractivity contribution is 8.34. The highest BCUT2D eigenvalue weighted by Gasteiger charge is 2.27. The lowest BCUT2D eigenvalue weighted by atomic mass is 10.3. The average Bonchev–Trinajstić information content (AvgIpc) is 2.13. The number of hydrogen-bond donors (Lipinski definition) is 0. The minimum absolute atomic E-state index is 0.415. The molecule has 0 aliphatic heterocycles. The van der Waals surface area contributed by atoms with E-state index in [1.165, 1.54) is 0 Å². The summed E-state index contributed by atoms with van der Waals surface area (Å²) in [6, 6.07) is 9.48. The standard InChI is InChI=1S/C9H9Cl3OP/c10-14(11,12)8-4-7-13-9-5-2-1-3-6-9/h1-6,8H,7H2/q+1/b8-4+. The fourth-order valence-corrected chi connectivity index (χ4v) is 1.87. The summed E-state index contributed by atoms with van der Waals surface area (Å²) in [6.07, 6.45) is 1.72. The van der Waals surface area contributed by atoms with Gasteiger partial charge in [0.2, 0.25) is 0 Å². The number of halogens is 3. The summed E-state index contributed by atoms with van der Waals surface area (Å²) in [5, 5.41) is -2.38. The molecule has 0 aliphatic carbocycles. The predicted octanol–water partition coefficient (Wildman–Crippen LogP) is 5.06. The molecule has 0 amide bonds. The van der Waals surface area contributed by atoms with E-state index in [-0.39, 0.29) is 0 Å². The van der Waals surface area contributed by atoms with Crippen molar-refractivity contribution >= 4 is 39.0 Å². The molecule has 0 radical (unpaired) electrons. The van der Waals surface area contributed by atoms with Crippen LogP contribution in [0.25, 0.3) is 0 Å². The van der Waals surface area contributed by atoms with Crippen molar-refractivity contribution in [3.05, 3.63) is 42.2 Å². The van der Waals surface area contributed by atoms with Gasteiger partial charge in [0.15, 0.2) is 0 Å². The summed E-state index contributed by atoms with van der Waals surface area (Å²) in [4.78, 5) is 0. The zero-order chi connectivity index (χ0) is 10.4. The Labute approximate surface area is 98.3 Å². The lowest BCUT2D eigenvalue weighted by Crippen LogP contribution is -1.91. The van der Waals surface area contributed by atoms with Crippen molar-refractivity contribution in [1.29, 1.82) is 0 Å². The molecule has 0 heterocycles. The molecule has 0 bridgehead atoms. The summed E-state index contributed by atoms with van der Waals surface area (Å²) in [5.41, 5.74) is 0. The van der Waals surface area contributed by atoms with E-state index in [0.717, 1.165) is 5.75 Å². The Hall–Kier alpha value is 0.0600. The van der Waals surface area contributed by atoms with E-state index in [2.05, 4.69) is 0 Å². The van der Waals surface area contributed by atoms with Gasteiger partial charge in [0.25, 0.3) is 0 Å². The third kappa shape index (κ3) is 5.72. The van der Waals surface area contributed by atoms with Crippen molar-refractivity contribution < 1.29 is 4.74 Å². The average molecular weight is 271 g/mol. The van der Waals surface area contributed by atoms with Gasteiger partial charge < -0.3 is 4.74 Å². The third-order valence-corrected chi connectivity index (χ3v) is 2.93. The molecule has 76 valence electrons. The first-order valence-corrected chi connectivity index (χ1v) is 8.48. The number of ether oxygens (including phenoxy) is 1. The highest BCUT2D eigenvalue weighted by Crippen LogP contribution is 2.75. The Morgan fingerprint density at radius 1 is 1.14 bits per heavy atom. The fourth-order valence-electron chi connectivity index (χ4n) is 0.824. The molecule has 0 aliphatic rings. The van der Waals surface area contributed by atoms with Crippen LogP contribution in [0, 0.1) is 0 Å². The molecule has 0 aromatic heterocycles. The molecule has 0 spiro atoms. The molecular weight excluding hydrogens is 261 g/mol. The van der Waals surface area contributed by atoms with Crippen LogP contribution < -0.4 is 4.74 Å². The van der Waals surface area contributed by atoms with Crippen LogP contribution in [0.1, 0.15) is 0 Å². The van der Waals surface area contributed by atoms with Gasteiger partial charge in [0.05, 0.1) is 0 Å². The Bertz CT molecular complexity index is 295. The topological polar surface area (TPSA) is 9.23 Å². The summed E-state index contributed by atoms with van der Waals surface area (Å²) < 4.78 is 5.36. The van der Waals surface area contributed by atoms with E-state index in [1.807, 2.05) is 30.3 Å². The molecule has 14 heavy (non-hydrogen) atoms. The first-order chi connectivity index (χ1) is 6.58. The molecule has 1 aromatic carbocycles. The molecule has 5 heteroatoms. The Morgan fingerprint density at radius 3 is 2.36 bits per heavy atom. The predicted molar refractivity (Wildman–Crippen MR) is 65.6 cm³/mol. The lowest BCUT2D eigenvalue weighted by Gasteiger charge is -2.00. The maximum Gasteiger partial charge on any atom is 0.332 e. The monoisotopic (exact) mass is 269 g/mol. The van der Waals surface area contributed by atoms with Crippen LogP contribution in [0.4, 0.5) is 0 Å². The first-order valence-electron chi connectivity index (χ1n) is 3.91. The number of hydrogen-bond acceptors (Lipinski definition) is 1. The van der Waals surface area contributed by atoms with Gasteiger partial charge in [-0.05, 0) is 18.2 Å². The second-order valence-corrected chi connectivity index (χ2v) is 10.1. The summed E-state index contributed by atoms with van der Waals surface area (Å²) in [7, 11) is 0. The zero-order valence-corrected chi connectivity index (χ0v) is 10.4. The third-order valence-electron chi connectivity index (χ3n) is 1.36. The van der Waals surface area contributed by atoms with Gasteiger partial charge in [-0.15, -0.1) is 0 Å². The maximum absolute atomic E-state index is 5.61. The van der Waals surface area contributed by atoms with Gasteiger partial charge in [-0.3, -0.25) is 0 Å². The number of rotatable bonds is 4. The normalized spacial score (nSPS) is 11.9. The van der Waals surface area contributed by atoms with Crippen LogP contribution in [-0.2, 0) is 0 Å². The SMILES string of the molecule is Cl[P+](Cl)(Cl)/C=C/COc1ccccc1. The van der Waals surface area contributed by atoms with Crippen molar-refractivity contribution in [3.8, 4) is 5.75 Å². The molecule has 0 saturated carbocycles. The van der Waals surface area contributed by atoms with Crippen LogP contribution in [-0.4, -0.2) is 6.61 Å². The maximum atomic E-state index is 5.61. The van der Waals surface area contributed by atoms with E-state index in [1.54, 1.807) is 11.9 Å². The minimum Gasteiger partial charge on any atom is -0.489 e. The first kappa shape index (κ1) is 12.1. The van der Waals surface area contributed by atoms with E-state index >= 15 is 0 Å². The molecule has 0 N–H and O–H groups in total. The summed E-state index contributed by atoms with van der Waals surface area (Å²) >= 11 is 16.8. The quantitative estimate of drug-likeness (QED) is 0.695. The van der Waals surface area contributed by atoms with E-state index in [9.17, 15) is 0 Å². The molecule has 0 atom stereocenters. The van der Waals surface area contributed by atoms with Crippen molar-refractivity contribution in [2.45, 2.75) is 0 Å². The summed E-state index contributed by atoms with van der Waals surface area (Å²) in [5.74, 6) is 2.38. The van der Waals surface area contributed by atoms with Gasteiger partial charge in [0, 0.05) is 0 Å². The summed E-state index contributed by atoms with van der Waals surface area (Å²) in [6.45, 7) is 0.415. The number of para-hydroxylation sites is 1. The minimum atomic E-state index is -2.38. The van der Waals surface area contributed by atoms with Gasteiger partial charge in [-0.1, -0.05) is 18.2 Å². The van der Waals surface area contributed by atoms with Crippen molar-refractivity contribution in [3.63, 3.8) is 0 Å². The molecule has 1 aromatic rings. The van der Waals surface area contributed by atoms with Crippen molar-refractivity contribution in [2.24, 2.45) is 0 Å². The Kier molecular flexibility index (Phi) is 5.05. The van der Waals surface area contributed by atoms with Crippen LogP contribution in [0.2, 0.25) is 0 Å². The highest BCUT2D eigenvalue weighted by atomic mass is 36.1. The van der Waals surface area contributed by atoms with Crippen LogP contribution in [0.5, 0.6) is 5.75 Å². The molecule has 0 fully saturated rings. The van der Waals surface area contributed by atoms with E-state index in [4.69, 9.17) is 38.5 Å². The Morgan fingerprint density at radius 2 is 1.79 bits per heavy atom. The smallest absolute Gasteiger partial charge is 0.332 e. The fraction of sp³-hybridized carbons (Fsp3) is 0.111. The molecule has 1 nitrogen and oxygen atoms in total. The molecule has 1 rings (SSSR count). The van der Waals surface area contributed by atoms with Crippen LogP contribution in [0.15, 0.2) is 42.2 Å². The molecular formula is C9H9Cl3OP+. The zero-order valence-electron chi connectivity index (χ0n) is 7.24. The van der Waals surface area contributed by atoms with Gasteiger partial charge in [-0.2, -0.15) is 0 Å². The van der Waals surface area contributed by atoms with Gasteiger partial charge in [-0.25, -0.2) is 0 Å². The second kappa shape index (κ2) is 5.82. The lowest BCUT2D eigenvalue weighted by molar-refractivity contribution is 0.363. The largest absolute Gasteiger partial charge is 0.489 e. The molecule has 0 saturated heterocycles. The number of benzene rings is 1. The van der Waals surface area contributed by atoms with Crippen molar-refractivity contribution in [2.75, 3.05) is 6.61 Å².